The standard InChI is InChI=1S/C20H17ClN4OS/c1-26-14-5-6-17-18(10-14)27-20(22-17)25-8-7-16-15(11-25)19(24-23-16)12-3-2-4-13(21)9-12/h2-6,9-10H,7-8,11H2,1H3,(H,23,24). The molecule has 4 aromatic rings. The van der Waals surface area contributed by atoms with Crippen LogP contribution in [0.15, 0.2) is 42.5 Å². The van der Waals surface area contributed by atoms with Gasteiger partial charge in [0.25, 0.3) is 0 Å². The number of methoxy groups -OCH3 is 1. The molecule has 1 N–H and O–H groups in total. The highest BCUT2D eigenvalue weighted by Gasteiger charge is 2.25. The summed E-state index contributed by atoms with van der Waals surface area (Å²) in [6.07, 6.45) is 0.919. The summed E-state index contributed by atoms with van der Waals surface area (Å²) in [5, 5.41) is 9.51. The summed E-state index contributed by atoms with van der Waals surface area (Å²) in [6, 6.07) is 13.9. The lowest BCUT2D eigenvalue weighted by molar-refractivity contribution is 0.415. The first-order valence-electron chi connectivity index (χ1n) is 8.73. The van der Waals surface area contributed by atoms with Crippen molar-refractivity contribution in [2.75, 3.05) is 18.6 Å². The lowest BCUT2D eigenvalue weighted by atomic mass is 10.0. The zero-order valence-corrected chi connectivity index (χ0v) is 16.3. The van der Waals surface area contributed by atoms with E-state index in [1.165, 1.54) is 11.3 Å². The second kappa shape index (κ2) is 6.55. The number of thiazole rings is 1. The minimum absolute atomic E-state index is 0.719. The van der Waals surface area contributed by atoms with Gasteiger partial charge in [0.2, 0.25) is 0 Å². The number of H-pyrrole nitrogens is 1. The first-order valence-corrected chi connectivity index (χ1v) is 9.92. The van der Waals surface area contributed by atoms with Crippen LogP contribution in [0, 0.1) is 0 Å². The number of anilines is 1. The van der Waals surface area contributed by atoms with Crippen LogP contribution in [0.5, 0.6) is 5.75 Å². The van der Waals surface area contributed by atoms with Crippen LogP contribution in [0.1, 0.15) is 11.3 Å². The number of benzene rings is 2. The van der Waals surface area contributed by atoms with Crippen molar-refractivity contribution in [3.05, 3.63) is 58.7 Å². The van der Waals surface area contributed by atoms with E-state index in [2.05, 4.69) is 15.1 Å². The van der Waals surface area contributed by atoms with Crippen LogP contribution in [0.2, 0.25) is 5.02 Å². The highest BCUT2D eigenvalue weighted by molar-refractivity contribution is 7.22. The molecule has 0 bridgehead atoms. The molecular formula is C20H17ClN4OS. The molecule has 0 saturated heterocycles. The van der Waals surface area contributed by atoms with Crippen molar-refractivity contribution in [3.8, 4) is 17.0 Å². The van der Waals surface area contributed by atoms with Gasteiger partial charge in [-0.1, -0.05) is 35.1 Å². The fourth-order valence-corrected chi connectivity index (χ4v) is 4.70. The topological polar surface area (TPSA) is 54.0 Å². The lowest BCUT2D eigenvalue weighted by Gasteiger charge is -2.26. The third-order valence-electron chi connectivity index (χ3n) is 4.89. The first-order chi connectivity index (χ1) is 13.2. The third-order valence-corrected chi connectivity index (χ3v) is 6.20. The van der Waals surface area contributed by atoms with Crippen LogP contribution >= 0.6 is 22.9 Å². The largest absolute Gasteiger partial charge is 0.497 e. The van der Waals surface area contributed by atoms with E-state index in [4.69, 9.17) is 21.3 Å². The van der Waals surface area contributed by atoms with Gasteiger partial charge in [-0.05, 0) is 30.3 Å². The third kappa shape index (κ3) is 2.95. The summed E-state index contributed by atoms with van der Waals surface area (Å²) in [7, 11) is 1.69. The normalized spacial score (nSPS) is 13.8. The lowest BCUT2D eigenvalue weighted by Crippen LogP contribution is -2.30. The van der Waals surface area contributed by atoms with Crippen LogP contribution < -0.4 is 9.64 Å². The molecule has 136 valence electrons. The number of rotatable bonds is 3. The van der Waals surface area contributed by atoms with E-state index in [1.807, 2.05) is 42.5 Å². The van der Waals surface area contributed by atoms with Gasteiger partial charge in [0.15, 0.2) is 5.13 Å². The minimum Gasteiger partial charge on any atom is -0.497 e. The maximum absolute atomic E-state index is 6.17. The number of aromatic nitrogens is 3. The van der Waals surface area contributed by atoms with E-state index < -0.39 is 0 Å². The van der Waals surface area contributed by atoms with Gasteiger partial charge >= 0.3 is 0 Å². The van der Waals surface area contributed by atoms with Gasteiger partial charge in [0.05, 0.1) is 23.0 Å². The van der Waals surface area contributed by atoms with Crippen molar-refractivity contribution in [1.82, 2.24) is 15.2 Å². The van der Waals surface area contributed by atoms with Crippen molar-refractivity contribution in [1.29, 1.82) is 0 Å². The van der Waals surface area contributed by atoms with Gasteiger partial charge in [-0.2, -0.15) is 5.10 Å². The molecule has 27 heavy (non-hydrogen) atoms. The molecule has 0 atom stereocenters. The molecular weight excluding hydrogens is 380 g/mol. The van der Waals surface area contributed by atoms with E-state index in [9.17, 15) is 0 Å². The van der Waals surface area contributed by atoms with Crippen LogP contribution in [-0.4, -0.2) is 28.8 Å². The van der Waals surface area contributed by atoms with Crippen LogP contribution in [-0.2, 0) is 13.0 Å². The zero-order valence-electron chi connectivity index (χ0n) is 14.7. The Hall–Kier alpha value is -2.57. The number of hydrogen-bond acceptors (Lipinski definition) is 5. The molecule has 0 amide bonds. The number of nitrogens with one attached hydrogen (secondary N) is 1. The van der Waals surface area contributed by atoms with Gasteiger partial charge in [-0.3, -0.25) is 5.10 Å². The van der Waals surface area contributed by atoms with Gasteiger partial charge in [0, 0.05) is 41.4 Å². The molecule has 7 heteroatoms. The van der Waals surface area contributed by atoms with E-state index in [0.29, 0.717) is 0 Å². The number of ether oxygens (including phenoxy) is 1. The number of aromatic amines is 1. The number of halogens is 1. The predicted octanol–water partition coefficient (Wildman–Crippen LogP) is 4.91. The van der Waals surface area contributed by atoms with Crippen LogP contribution in [0.25, 0.3) is 21.5 Å². The molecule has 0 spiro atoms. The number of hydrogen-bond donors (Lipinski definition) is 1. The highest BCUT2D eigenvalue weighted by Crippen LogP contribution is 2.36. The maximum atomic E-state index is 6.17. The van der Waals surface area contributed by atoms with Crippen molar-refractivity contribution in [3.63, 3.8) is 0 Å². The van der Waals surface area contributed by atoms with Gasteiger partial charge in [0.1, 0.15) is 5.75 Å². The second-order valence-corrected chi connectivity index (χ2v) is 7.99. The average Bonchev–Trinajstić information content (AvgIpc) is 3.30. The summed E-state index contributed by atoms with van der Waals surface area (Å²) >= 11 is 7.87. The molecule has 2 aromatic carbocycles. The van der Waals surface area contributed by atoms with Gasteiger partial charge in [-0.15, -0.1) is 0 Å². The Balaban J connectivity index is 1.50. The van der Waals surface area contributed by atoms with Crippen molar-refractivity contribution >= 4 is 38.3 Å². The van der Waals surface area contributed by atoms with Crippen molar-refractivity contribution in [2.45, 2.75) is 13.0 Å². The zero-order chi connectivity index (χ0) is 18.4. The van der Waals surface area contributed by atoms with E-state index in [1.54, 1.807) is 18.4 Å². The van der Waals surface area contributed by atoms with E-state index in [0.717, 1.165) is 56.9 Å². The smallest absolute Gasteiger partial charge is 0.186 e. The summed E-state index contributed by atoms with van der Waals surface area (Å²) in [5.74, 6) is 0.858. The monoisotopic (exact) mass is 396 g/mol. The van der Waals surface area contributed by atoms with Crippen molar-refractivity contribution in [2.24, 2.45) is 0 Å². The molecule has 0 unspecified atom stereocenters. The molecule has 3 heterocycles. The quantitative estimate of drug-likeness (QED) is 0.534. The Morgan fingerprint density at radius 1 is 1.22 bits per heavy atom. The van der Waals surface area contributed by atoms with Gasteiger partial charge in [-0.25, -0.2) is 4.98 Å². The highest BCUT2D eigenvalue weighted by atomic mass is 35.5. The minimum atomic E-state index is 0.719. The van der Waals surface area contributed by atoms with Crippen LogP contribution in [0.4, 0.5) is 5.13 Å². The average molecular weight is 397 g/mol. The molecule has 5 nitrogen and oxygen atoms in total. The predicted molar refractivity (Wildman–Crippen MR) is 110 cm³/mol. The Bertz CT molecular complexity index is 1140. The Kier molecular flexibility index (Phi) is 4.02. The van der Waals surface area contributed by atoms with E-state index >= 15 is 0 Å². The second-order valence-electron chi connectivity index (χ2n) is 6.54. The number of nitrogens with zero attached hydrogens (tertiary/aromatic N) is 3. The Morgan fingerprint density at radius 2 is 2.15 bits per heavy atom. The number of fused-ring (bicyclic) bond motifs is 2. The fraction of sp³-hybridized carbons (Fsp3) is 0.200. The molecule has 5 rings (SSSR count). The fourth-order valence-electron chi connectivity index (χ4n) is 3.49. The van der Waals surface area contributed by atoms with E-state index in [-0.39, 0.29) is 0 Å². The maximum Gasteiger partial charge on any atom is 0.186 e. The Morgan fingerprint density at radius 3 is 3.00 bits per heavy atom. The molecule has 2 aromatic heterocycles. The summed E-state index contributed by atoms with van der Waals surface area (Å²) in [5.41, 5.74) is 5.43. The first kappa shape index (κ1) is 16.6. The molecule has 0 fully saturated rings. The summed E-state index contributed by atoms with van der Waals surface area (Å²) in [6.45, 7) is 1.70. The van der Waals surface area contributed by atoms with Crippen molar-refractivity contribution < 1.29 is 4.74 Å². The summed E-state index contributed by atoms with van der Waals surface area (Å²) < 4.78 is 6.47. The molecule has 0 aliphatic carbocycles. The van der Waals surface area contributed by atoms with Crippen LogP contribution in [0.3, 0.4) is 0 Å². The summed E-state index contributed by atoms with van der Waals surface area (Å²) in [4.78, 5) is 7.15. The molecule has 0 saturated carbocycles. The Labute approximate surface area is 165 Å². The molecule has 1 aliphatic rings. The SMILES string of the molecule is COc1ccc2nc(N3CCc4[nH]nc(-c5cccc(Cl)c5)c4C3)sc2c1. The molecule has 1 aliphatic heterocycles. The molecule has 0 radical (unpaired) electrons. The van der Waals surface area contributed by atoms with Gasteiger partial charge < -0.3 is 9.64 Å².